The van der Waals surface area contributed by atoms with Gasteiger partial charge in [-0.05, 0) is 56.3 Å². The predicted molar refractivity (Wildman–Crippen MR) is 106 cm³/mol. The van der Waals surface area contributed by atoms with Crippen LogP contribution in [0.3, 0.4) is 0 Å². The molecule has 0 saturated carbocycles. The molecule has 0 amide bonds. The van der Waals surface area contributed by atoms with Gasteiger partial charge in [0.25, 0.3) is 0 Å². The van der Waals surface area contributed by atoms with E-state index in [1.54, 1.807) is 18.2 Å². The van der Waals surface area contributed by atoms with E-state index in [1.807, 2.05) is 4.57 Å². The number of hydrogen-bond donors (Lipinski definition) is 0. The van der Waals surface area contributed by atoms with Gasteiger partial charge in [-0.2, -0.15) is 0 Å². The third-order valence-electron chi connectivity index (χ3n) is 4.99. The van der Waals surface area contributed by atoms with Crippen molar-refractivity contribution in [3.8, 4) is 5.69 Å². The summed E-state index contributed by atoms with van der Waals surface area (Å²) in [5.41, 5.74) is 1.01. The minimum atomic E-state index is -0.867. The Bertz CT molecular complexity index is 969. The van der Waals surface area contributed by atoms with Crippen molar-refractivity contribution >= 4 is 11.8 Å². The minimum Gasteiger partial charge on any atom is -0.296 e. The van der Waals surface area contributed by atoms with E-state index in [1.165, 1.54) is 36.4 Å². The van der Waals surface area contributed by atoms with Crippen molar-refractivity contribution in [3.05, 3.63) is 71.3 Å². The van der Waals surface area contributed by atoms with Crippen LogP contribution in [0.25, 0.3) is 5.69 Å². The second-order valence-corrected chi connectivity index (χ2v) is 7.99. The predicted octanol–water partition coefficient (Wildman–Crippen LogP) is 4.96. The molecule has 1 aliphatic rings. The van der Waals surface area contributed by atoms with Gasteiger partial charge in [0, 0.05) is 17.0 Å². The lowest BCUT2D eigenvalue weighted by atomic mass is 10.1. The maximum Gasteiger partial charge on any atom is 0.196 e. The van der Waals surface area contributed by atoms with E-state index in [0.29, 0.717) is 11.7 Å². The van der Waals surface area contributed by atoms with Gasteiger partial charge in [-0.15, -0.1) is 10.2 Å². The first-order valence-electron chi connectivity index (χ1n) is 9.60. The topological polar surface area (TPSA) is 34.0 Å². The van der Waals surface area contributed by atoms with Gasteiger partial charge in [0.15, 0.2) is 22.6 Å². The number of nitrogens with zero attached hydrogens (tertiary/aromatic N) is 4. The molecule has 152 valence electrons. The van der Waals surface area contributed by atoms with Gasteiger partial charge in [-0.1, -0.05) is 30.3 Å². The Labute approximate surface area is 171 Å². The zero-order valence-corrected chi connectivity index (χ0v) is 16.6. The Hall–Kier alpha value is -2.32. The van der Waals surface area contributed by atoms with Gasteiger partial charge in [-0.3, -0.25) is 9.47 Å². The van der Waals surface area contributed by atoms with E-state index in [2.05, 4.69) is 15.1 Å². The highest BCUT2D eigenvalue weighted by Crippen LogP contribution is 2.27. The Balaban J connectivity index is 1.62. The highest BCUT2D eigenvalue weighted by atomic mass is 32.2. The molecule has 1 aromatic heterocycles. The second-order valence-electron chi connectivity index (χ2n) is 7.05. The average molecular weight is 418 g/mol. The van der Waals surface area contributed by atoms with E-state index in [-0.39, 0.29) is 17.1 Å². The quantitative estimate of drug-likeness (QED) is 0.530. The van der Waals surface area contributed by atoms with Crippen LogP contribution in [0.5, 0.6) is 0 Å². The van der Waals surface area contributed by atoms with Crippen molar-refractivity contribution in [1.29, 1.82) is 0 Å². The summed E-state index contributed by atoms with van der Waals surface area (Å²) in [6.45, 7) is 2.65. The van der Waals surface area contributed by atoms with E-state index >= 15 is 0 Å². The molecule has 8 heteroatoms. The van der Waals surface area contributed by atoms with E-state index in [0.717, 1.165) is 43.5 Å². The Morgan fingerprint density at radius 2 is 1.66 bits per heavy atom. The molecule has 1 fully saturated rings. The van der Waals surface area contributed by atoms with E-state index in [4.69, 9.17) is 0 Å². The van der Waals surface area contributed by atoms with Crippen molar-refractivity contribution < 1.29 is 13.2 Å². The van der Waals surface area contributed by atoms with Crippen LogP contribution in [0.4, 0.5) is 13.2 Å². The summed E-state index contributed by atoms with van der Waals surface area (Å²) >= 11 is 1.28. The van der Waals surface area contributed by atoms with Crippen LogP contribution in [0.15, 0.2) is 47.6 Å². The van der Waals surface area contributed by atoms with Crippen LogP contribution >= 0.6 is 11.8 Å². The monoisotopic (exact) mass is 418 g/mol. The number of thioether (sulfide) groups is 1. The maximum absolute atomic E-state index is 14.0. The van der Waals surface area contributed by atoms with Crippen LogP contribution in [0.2, 0.25) is 0 Å². The molecule has 2 heterocycles. The number of rotatable bonds is 6. The molecule has 3 aromatic rings. The molecular weight excluding hydrogens is 397 g/mol. The van der Waals surface area contributed by atoms with Crippen molar-refractivity contribution in [1.82, 2.24) is 19.7 Å². The summed E-state index contributed by atoms with van der Waals surface area (Å²) < 4.78 is 42.8. The fraction of sp³-hybridized carbons (Fsp3) is 0.333. The summed E-state index contributed by atoms with van der Waals surface area (Å²) in [4.78, 5) is 2.33. The fourth-order valence-electron chi connectivity index (χ4n) is 3.47. The molecule has 0 unspecified atom stereocenters. The number of halogens is 3. The Morgan fingerprint density at radius 1 is 0.897 bits per heavy atom. The molecule has 2 aromatic carbocycles. The molecule has 0 radical (unpaired) electrons. The average Bonchev–Trinajstić information content (AvgIpc) is 3.13. The Morgan fingerprint density at radius 3 is 2.41 bits per heavy atom. The summed E-state index contributed by atoms with van der Waals surface area (Å²) in [5.74, 6) is -1.07. The third kappa shape index (κ3) is 4.64. The van der Waals surface area contributed by atoms with Gasteiger partial charge < -0.3 is 0 Å². The largest absolute Gasteiger partial charge is 0.296 e. The molecule has 0 bridgehead atoms. The van der Waals surface area contributed by atoms with Crippen molar-refractivity contribution in [2.24, 2.45) is 0 Å². The zero-order chi connectivity index (χ0) is 20.2. The van der Waals surface area contributed by atoms with Crippen molar-refractivity contribution in [2.75, 3.05) is 13.1 Å². The SMILES string of the molecule is Fc1ccc(-n2c(CN3CCCCC3)nnc2SCc2cccc(F)c2F)cc1. The lowest BCUT2D eigenvalue weighted by Crippen LogP contribution is -2.30. The molecule has 0 spiro atoms. The first-order chi connectivity index (χ1) is 14.1. The van der Waals surface area contributed by atoms with Crippen LogP contribution in [-0.2, 0) is 12.3 Å². The Kier molecular flexibility index (Phi) is 6.20. The molecule has 1 aliphatic heterocycles. The highest BCUT2D eigenvalue weighted by molar-refractivity contribution is 7.98. The first kappa shape index (κ1) is 20.0. The van der Waals surface area contributed by atoms with Gasteiger partial charge in [0.2, 0.25) is 0 Å². The summed E-state index contributed by atoms with van der Waals surface area (Å²) in [6.07, 6.45) is 3.55. The molecular formula is C21H21F3N4S. The van der Waals surface area contributed by atoms with E-state index in [9.17, 15) is 13.2 Å². The smallest absolute Gasteiger partial charge is 0.196 e. The first-order valence-corrected chi connectivity index (χ1v) is 10.6. The summed E-state index contributed by atoms with van der Waals surface area (Å²) in [7, 11) is 0. The number of benzene rings is 2. The lowest BCUT2D eigenvalue weighted by molar-refractivity contribution is 0.214. The van der Waals surface area contributed by atoms with Crippen molar-refractivity contribution in [2.45, 2.75) is 36.7 Å². The summed E-state index contributed by atoms with van der Waals surface area (Å²) in [5, 5.41) is 9.20. The standard InChI is InChI=1S/C21H21F3N4S/c22-16-7-9-17(10-8-16)28-19(13-27-11-2-1-3-12-27)25-26-21(28)29-14-15-5-4-6-18(23)20(15)24/h4-10H,1-3,11-14H2. The normalized spacial score (nSPS) is 15.0. The number of likely N-dealkylation sites (tertiary alicyclic amines) is 1. The van der Waals surface area contributed by atoms with Gasteiger partial charge in [0.05, 0.1) is 6.54 Å². The molecule has 4 nitrogen and oxygen atoms in total. The van der Waals surface area contributed by atoms with Crippen molar-refractivity contribution in [3.63, 3.8) is 0 Å². The minimum absolute atomic E-state index is 0.215. The molecule has 1 saturated heterocycles. The zero-order valence-electron chi connectivity index (χ0n) is 15.8. The van der Waals surface area contributed by atoms with Gasteiger partial charge in [0.1, 0.15) is 5.82 Å². The number of piperidine rings is 1. The second kappa shape index (κ2) is 9.00. The van der Waals surface area contributed by atoms with Crippen LogP contribution < -0.4 is 0 Å². The molecule has 0 atom stereocenters. The number of aromatic nitrogens is 3. The maximum atomic E-state index is 14.0. The molecule has 29 heavy (non-hydrogen) atoms. The number of hydrogen-bond acceptors (Lipinski definition) is 4. The molecule has 0 N–H and O–H groups in total. The van der Waals surface area contributed by atoms with Crippen LogP contribution in [0.1, 0.15) is 30.7 Å². The lowest BCUT2D eigenvalue weighted by Gasteiger charge is -2.26. The summed E-state index contributed by atoms with van der Waals surface area (Å²) in [6, 6.07) is 10.3. The van der Waals surface area contributed by atoms with E-state index < -0.39 is 11.6 Å². The highest BCUT2D eigenvalue weighted by Gasteiger charge is 2.19. The van der Waals surface area contributed by atoms with Gasteiger partial charge in [-0.25, -0.2) is 13.2 Å². The third-order valence-corrected chi connectivity index (χ3v) is 5.97. The van der Waals surface area contributed by atoms with Crippen LogP contribution in [0, 0.1) is 17.5 Å². The van der Waals surface area contributed by atoms with Gasteiger partial charge >= 0.3 is 0 Å². The molecule has 0 aliphatic carbocycles. The van der Waals surface area contributed by atoms with Crippen LogP contribution in [-0.4, -0.2) is 32.8 Å². The fourth-order valence-corrected chi connectivity index (χ4v) is 4.41. The molecule has 4 rings (SSSR count).